The third kappa shape index (κ3) is 6.42. The predicted octanol–water partition coefficient (Wildman–Crippen LogP) is 4.41. The largest absolute Gasteiger partial charge is 0.478 e. The van der Waals surface area contributed by atoms with Crippen LogP contribution < -0.4 is 10.1 Å². The van der Waals surface area contributed by atoms with Crippen LogP contribution in [0.2, 0.25) is 5.02 Å². The summed E-state index contributed by atoms with van der Waals surface area (Å²) in [6.45, 7) is 0.913. The van der Waals surface area contributed by atoms with Crippen LogP contribution in [0.15, 0.2) is 36.4 Å². The summed E-state index contributed by atoms with van der Waals surface area (Å²) in [5, 5.41) is 19.1. The Bertz CT molecular complexity index is 1010. The maximum Gasteiger partial charge on any atom is 0.328 e. The Morgan fingerprint density at radius 2 is 1.27 bits per heavy atom. The standard InChI is InChI=1S/C17H13ClF5NO.C4H4O4/c18-10-3-1-9(2-4-10)17(5-7-24-8-6-17)25-16-14(22)12(20)11(19)13(21)15(16)23;5-3(6)1-2-4(7)8/h1-4,24H,5-8H2;1-2H,(H,5,6)(H,7,8)/b;2-1+. The number of aliphatic carboxylic acids is 2. The van der Waals surface area contributed by atoms with E-state index >= 15 is 0 Å². The molecule has 1 aliphatic heterocycles. The summed E-state index contributed by atoms with van der Waals surface area (Å²) in [6.07, 6.45) is 1.69. The highest BCUT2D eigenvalue weighted by atomic mass is 35.5. The van der Waals surface area contributed by atoms with Crippen molar-refractivity contribution in [3.8, 4) is 5.75 Å². The fraction of sp³-hybridized carbons (Fsp3) is 0.238. The van der Waals surface area contributed by atoms with Gasteiger partial charge in [0.25, 0.3) is 0 Å². The van der Waals surface area contributed by atoms with E-state index in [-0.39, 0.29) is 12.8 Å². The van der Waals surface area contributed by atoms with Crippen LogP contribution in [-0.2, 0) is 15.2 Å². The topological polar surface area (TPSA) is 95.9 Å². The molecule has 6 nitrogen and oxygen atoms in total. The zero-order valence-electron chi connectivity index (χ0n) is 16.7. The van der Waals surface area contributed by atoms with E-state index in [0.29, 0.717) is 35.8 Å². The molecule has 2 aromatic carbocycles. The van der Waals surface area contributed by atoms with Crippen molar-refractivity contribution in [3.63, 3.8) is 0 Å². The van der Waals surface area contributed by atoms with E-state index < -0.39 is 52.4 Å². The van der Waals surface area contributed by atoms with E-state index in [1.807, 2.05) is 0 Å². The van der Waals surface area contributed by atoms with Crippen LogP contribution in [0.5, 0.6) is 5.75 Å². The van der Waals surface area contributed by atoms with E-state index in [0.717, 1.165) is 0 Å². The van der Waals surface area contributed by atoms with Gasteiger partial charge in [-0.05, 0) is 30.8 Å². The van der Waals surface area contributed by atoms with Gasteiger partial charge in [-0.2, -0.15) is 8.78 Å². The molecule has 1 heterocycles. The fourth-order valence-electron chi connectivity index (χ4n) is 3.05. The highest BCUT2D eigenvalue weighted by Gasteiger charge is 2.39. The number of hydrogen-bond acceptors (Lipinski definition) is 4. The second kappa shape index (κ2) is 11.1. The number of carboxylic acid groups (broad SMARTS) is 2. The van der Waals surface area contributed by atoms with Crippen molar-refractivity contribution in [2.75, 3.05) is 13.1 Å². The normalized spacial score (nSPS) is 15.0. The van der Waals surface area contributed by atoms with Crippen molar-refractivity contribution in [2.24, 2.45) is 0 Å². The summed E-state index contributed by atoms with van der Waals surface area (Å²) >= 11 is 5.85. The molecule has 0 unspecified atom stereocenters. The van der Waals surface area contributed by atoms with Crippen molar-refractivity contribution in [1.29, 1.82) is 0 Å². The van der Waals surface area contributed by atoms with Gasteiger partial charge in [0.15, 0.2) is 5.75 Å². The summed E-state index contributed by atoms with van der Waals surface area (Å²) in [5.41, 5.74) is -0.684. The maximum absolute atomic E-state index is 14.0. The SMILES string of the molecule is Fc1c(F)c(F)c(OC2(c3ccc(Cl)cc3)CCNCC2)c(F)c1F.O=C(O)/C=C/C(=O)O. The van der Waals surface area contributed by atoms with Crippen molar-refractivity contribution in [3.05, 3.63) is 76.1 Å². The number of piperidine rings is 1. The number of rotatable bonds is 5. The number of benzene rings is 2. The van der Waals surface area contributed by atoms with Crippen LogP contribution in [-0.4, -0.2) is 35.2 Å². The Balaban J connectivity index is 0.000000414. The first-order valence-electron chi connectivity index (χ1n) is 9.29. The molecule has 0 saturated carbocycles. The first-order chi connectivity index (χ1) is 15.5. The molecule has 178 valence electrons. The maximum atomic E-state index is 14.0. The first-order valence-corrected chi connectivity index (χ1v) is 9.67. The highest BCUT2D eigenvalue weighted by Crippen LogP contribution is 2.40. The van der Waals surface area contributed by atoms with Crippen LogP contribution in [0.25, 0.3) is 0 Å². The van der Waals surface area contributed by atoms with E-state index in [1.165, 1.54) is 0 Å². The monoisotopic (exact) mass is 493 g/mol. The molecule has 0 aliphatic carbocycles. The van der Waals surface area contributed by atoms with Crippen LogP contribution >= 0.6 is 11.6 Å². The van der Waals surface area contributed by atoms with Crippen molar-refractivity contribution >= 4 is 23.5 Å². The summed E-state index contributed by atoms with van der Waals surface area (Å²) in [7, 11) is 0. The number of ether oxygens (including phenoxy) is 1. The molecule has 0 amide bonds. The van der Waals surface area contributed by atoms with E-state index in [4.69, 9.17) is 26.6 Å². The minimum absolute atomic E-state index is 0.286. The lowest BCUT2D eigenvalue weighted by molar-refractivity contribution is -0.134. The lowest BCUT2D eigenvalue weighted by Gasteiger charge is -2.38. The second-order valence-corrected chi connectivity index (χ2v) is 7.20. The summed E-state index contributed by atoms with van der Waals surface area (Å²) in [4.78, 5) is 19.1. The Labute approximate surface area is 189 Å². The summed E-state index contributed by atoms with van der Waals surface area (Å²) in [5.74, 6) is -14.0. The third-order valence-corrected chi connectivity index (χ3v) is 4.87. The van der Waals surface area contributed by atoms with Crippen molar-refractivity contribution < 1.29 is 46.5 Å². The van der Waals surface area contributed by atoms with Gasteiger partial charge in [-0.15, -0.1) is 0 Å². The molecule has 0 atom stereocenters. The average Bonchev–Trinajstić information content (AvgIpc) is 2.79. The Hall–Kier alpha value is -3.18. The lowest BCUT2D eigenvalue weighted by atomic mass is 9.84. The van der Waals surface area contributed by atoms with E-state index in [9.17, 15) is 31.5 Å². The fourth-order valence-corrected chi connectivity index (χ4v) is 3.17. The second-order valence-electron chi connectivity index (χ2n) is 6.76. The van der Waals surface area contributed by atoms with Crippen LogP contribution in [0, 0.1) is 29.1 Å². The number of halogens is 6. The quantitative estimate of drug-likeness (QED) is 0.247. The molecule has 3 N–H and O–H groups in total. The van der Waals surface area contributed by atoms with Crippen LogP contribution in [0.1, 0.15) is 18.4 Å². The van der Waals surface area contributed by atoms with Gasteiger partial charge >= 0.3 is 11.9 Å². The van der Waals surface area contributed by atoms with Gasteiger partial charge in [-0.25, -0.2) is 22.8 Å². The van der Waals surface area contributed by atoms with Gasteiger partial charge < -0.3 is 20.3 Å². The molecule has 33 heavy (non-hydrogen) atoms. The van der Waals surface area contributed by atoms with Crippen molar-refractivity contribution in [2.45, 2.75) is 18.4 Å². The van der Waals surface area contributed by atoms with Gasteiger partial charge in [0, 0.05) is 30.0 Å². The Kier molecular flexibility index (Phi) is 8.77. The molecule has 0 radical (unpaired) electrons. The summed E-state index contributed by atoms with van der Waals surface area (Å²) in [6, 6.07) is 6.37. The van der Waals surface area contributed by atoms with Gasteiger partial charge in [0.05, 0.1) is 0 Å². The zero-order chi connectivity index (χ0) is 24.8. The smallest absolute Gasteiger partial charge is 0.328 e. The molecule has 0 aromatic heterocycles. The van der Waals surface area contributed by atoms with Gasteiger partial charge in [0.1, 0.15) is 5.60 Å². The lowest BCUT2D eigenvalue weighted by Crippen LogP contribution is -2.44. The number of carboxylic acids is 2. The zero-order valence-corrected chi connectivity index (χ0v) is 17.4. The first kappa shape index (κ1) is 26.1. The Morgan fingerprint density at radius 1 is 0.848 bits per heavy atom. The summed E-state index contributed by atoms with van der Waals surface area (Å²) < 4.78 is 73.7. The van der Waals surface area contributed by atoms with E-state index in [2.05, 4.69) is 5.32 Å². The van der Waals surface area contributed by atoms with Crippen LogP contribution in [0.4, 0.5) is 22.0 Å². The van der Waals surface area contributed by atoms with Gasteiger partial charge in [-0.3, -0.25) is 0 Å². The molecule has 2 aromatic rings. The average molecular weight is 494 g/mol. The predicted molar refractivity (Wildman–Crippen MR) is 107 cm³/mol. The molecule has 0 spiro atoms. The Morgan fingerprint density at radius 3 is 1.70 bits per heavy atom. The minimum atomic E-state index is -2.21. The number of carbonyl (C=O) groups is 2. The number of nitrogens with one attached hydrogen (secondary N) is 1. The number of hydrogen-bond donors (Lipinski definition) is 3. The molecule has 1 fully saturated rings. The van der Waals surface area contributed by atoms with E-state index in [1.54, 1.807) is 24.3 Å². The molecular weight excluding hydrogens is 477 g/mol. The van der Waals surface area contributed by atoms with Gasteiger partial charge in [0.2, 0.25) is 29.1 Å². The molecule has 3 rings (SSSR count). The van der Waals surface area contributed by atoms with Crippen molar-refractivity contribution in [1.82, 2.24) is 5.32 Å². The minimum Gasteiger partial charge on any atom is -0.478 e. The molecule has 1 aliphatic rings. The van der Waals surface area contributed by atoms with Crippen LogP contribution in [0.3, 0.4) is 0 Å². The highest BCUT2D eigenvalue weighted by molar-refractivity contribution is 6.30. The molecule has 0 bridgehead atoms. The molecule has 1 saturated heterocycles. The van der Waals surface area contributed by atoms with Gasteiger partial charge in [-0.1, -0.05) is 23.7 Å². The molecular formula is C21H17ClF5NO5. The molecule has 12 heteroatoms. The third-order valence-electron chi connectivity index (χ3n) is 4.62.